The molecule has 0 bridgehead atoms. The number of rotatable bonds is 6. The van der Waals surface area contributed by atoms with E-state index in [0.717, 1.165) is 42.5 Å². The Balaban J connectivity index is 2.29. The molecule has 0 spiro atoms. The fourth-order valence-electron chi connectivity index (χ4n) is 2.31. The number of aromatic nitrogens is 2. The van der Waals surface area contributed by atoms with Gasteiger partial charge in [-0.2, -0.15) is 0 Å². The monoisotopic (exact) mass is 284 g/mol. The molecule has 0 radical (unpaired) electrons. The molecule has 2 aromatic rings. The zero-order chi connectivity index (χ0) is 15.2. The number of anilines is 3. The van der Waals surface area contributed by atoms with E-state index < -0.39 is 0 Å². The SMILES string of the molecule is CCCNc1cc(Nc2c(C)cccc2CC)nc(C)n1. The molecule has 0 aliphatic heterocycles. The molecule has 1 aromatic carbocycles. The summed E-state index contributed by atoms with van der Waals surface area (Å²) in [7, 11) is 0. The van der Waals surface area contributed by atoms with Crippen molar-refractivity contribution in [3.63, 3.8) is 0 Å². The molecule has 2 N–H and O–H groups in total. The van der Waals surface area contributed by atoms with Crippen molar-refractivity contribution in [3.8, 4) is 0 Å². The first kappa shape index (κ1) is 15.3. The van der Waals surface area contributed by atoms with Crippen LogP contribution in [0.4, 0.5) is 17.3 Å². The van der Waals surface area contributed by atoms with E-state index in [2.05, 4.69) is 59.6 Å². The van der Waals surface area contributed by atoms with E-state index in [1.165, 1.54) is 11.1 Å². The fraction of sp³-hybridized carbons (Fsp3) is 0.412. The summed E-state index contributed by atoms with van der Waals surface area (Å²) < 4.78 is 0. The van der Waals surface area contributed by atoms with Gasteiger partial charge >= 0.3 is 0 Å². The molecule has 21 heavy (non-hydrogen) atoms. The van der Waals surface area contributed by atoms with E-state index in [0.29, 0.717) is 0 Å². The van der Waals surface area contributed by atoms with E-state index in [1.807, 2.05) is 13.0 Å². The summed E-state index contributed by atoms with van der Waals surface area (Å²) in [5.74, 6) is 2.48. The van der Waals surface area contributed by atoms with Gasteiger partial charge in [0.05, 0.1) is 0 Å². The highest BCUT2D eigenvalue weighted by Gasteiger charge is 2.07. The highest BCUT2D eigenvalue weighted by Crippen LogP contribution is 2.25. The first-order chi connectivity index (χ1) is 10.1. The Morgan fingerprint density at radius 2 is 1.81 bits per heavy atom. The van der Waals surface area contributed by atoms with Crippen molar-refractivity contribution in [2.75, 3.05) is 17.2 Å². The summed E-state index contributed by atoms with van der Waals surface area (Å²) in [6.07, 6.45) is 2.07. The Kier molecular flexibility index (Phi) is 5.14. The summed E-state index contributed by atoms with van der Waals surface area (Å²) in [6, 6.07) is 8.33. The molecule has 0 amide bonds. The molecule has 1 aromatic heterocycles. The van der Waals surface area contributed by atoms with Crippen LogP contribution < -0.4 is 10.6 Å². The third-order valence-electron chi connectivity index (χ3n) is 3.39. The number of para-hydroxylation sites is 1. The summed E-state index contributed by atoms with van der Waals surface area (Å²) in [5, 5.41) is 6.77. The highest BCUT2D eigenvalue weighted by atomic mass is 15.1. The third-order valence-corrected chi connectivity index (χ3v) is 3.39. The normalized spacial score (nSPS) is 10.5. The molecular formula is C17H24N4. The summed E-state index contributed by atoms with van der Waals surface area (Å²) >= 11 is 0. The van der Waals surface area contributed by atoms with Gasteiger partial charge in [0.1, 0.15) is 17.5 Å². The average molecular weight is 284 g/mol. The maximum atomic E-state index is 4.49. The van der Waals surface area contributed by atoms with Crippen molar-refractivity contribution < 1.29 is 0 Å². The van der Waals surface area contributed by atoms with E-state index in [4.69, 9.17) is 0 Å². The number of hydrogen-bond donors (Lipinski definition) is 2. The lowest BCUT2D eigenvalue weighted by molar-refractivity contribution is 0.955. The smallest absolute Gasteiger partial charge is 0.136 e. The molecule has 0 aliphatic carbocycles. The van der Waals surface area contributed by atoms with Gasteiger partial charge in [0.25, 0.3) is 0 Å². The Morgan fingerprint density at radius 1 is 1.05 bits per heavy atom. The van der Waals surface area contributed by atoms with Crippen LogP contribution in [0.1, 0.15) is 37.2 Å². The van der Waals surface area contributed by atoms with Gasteiger partial charge in [-0.15, -0.1) is 0 Å². The van der Waals surface area contributed by atoms with Gasteiger partial charge in [-0.3, -0.25) is 0 Å². The largest absolute Gasteiger partial charge is 0.370 e. The quantitative estimate of drug-likeness (QED) is 0.833. The third kappa shape index (κ3) is 3.94. The molecule has 0 saturated heterocycles. The number of nitrogens with zero attached hydrogens (tertiary/aromatic N) is 2. The van der Waals surface area contributed by atoms with Gasteiger partial charge in [-0.1, -0.05) is 32.0 Å². The Morgan fingerprint density at radius 3 is 2.52 bits per heavy atom. The zero-order valence-electron chi connectivity index (χ0n) is 13.3. The molecule has 0 saturated carbocycles. The molecule has 112 valence electrons. The summed E-state index contributed by atoms with van der Waals surface area (Å²) in [6.45, 7) is 9.26. The second-order valence-electron chi connectivity index (χ2n) is 5.20. The number of aryl methyl sites for hydroxylation is 3. The van der Waals surface area contributed by atoms with Crippen LogP contribution >= 0.6 is 0 Å². The van der Waals surface area contributed by atoms with Crippen molar-refractivity contribution in [1.82, 2.24) is 9.97 Å². The van der Waals surface area contributed by atoms with Gasteiger partial charge in [0.15, 0.2) is 0 Å². The molecule has 0 aliphatic rings. The summed E-state index contributed by atoms with van der Waals surface area (Å²) in [5.41, 5.74) is 3.68. The van der Waals surface area contributed by atoms with E-state index in [9.17, 15) is 0 Å². The molecule has 0 unspecified atom stereocenters. The van der Waals surface area contributed by atoms with Gasteiger partial charge in [-0.25, -0.2) is 9.97 Å². The van der Waals surface area contributed by atoms with Crippen LogP contribution in [0.2, 0.25) is 0 Å². The molecule has 4 heteroatoms. The molecule has 1 heterocycles. The van der Waals surface area contributed by atoms with Crippen LogP contribution in [0.25, 0.3) is 0 Å². The van der Waals surface area contributed by atoms with E-state index in [-0.39, 0.29) is 0 Å². The van der Waals surface area contributed by atoms with E-state index in [1.54, 1.807) is 0 Å². The predicted molar refractivity (Wildman–Crippen MR) is 89.4 cm³/mol. The number of hydrogen-bond acceptors (Lipinski definition) is 4. The lowest BCUT2D eigenvalue weighted by Crippen LogP contribution is -2.06. The van der Waals surface area contributed by atoms with Crippen LogP contribution in [0.3, 0.4) is 0 Å². The van der Waals surface area contributed by atoms with Crippen molar-refractivity contribution in [3.05, 3.63) is 41.2 Å². The molecule has 0 atom stereocenters. The van der Waals surface area contributed by atoms with Gasteiger partial charge in [-0.05, 0) is 37.8 Å². The summed E-state index contributed by atoms with van der Waals surface area (Å²) in [4.78, 5) is 8.91. The minimum atomic E-state index is 0.769. The number of nitrogens with one attached hydrogen (secondary N) is 2. The molecule has 4 nitrogen and oxygen atoms in total. The standard InChI is InChI=1S/C17H24N4/c1-5-10-18-15-11-16(20-13(4)19-15)21-17-12(3)8-7-9-14(17)6-2/h7-9,11H,5-6,10H2,1-4H3,(H2,18,19,20,21). The minimum Gasteiger partial charge on any atom is -0.370 e. The maximum absolute atomic E-state index is 4.49. The second-order valence-corrected chi connectivity index (χ2v) is 5.20. The van der Waals surface area contributed by atoms with Crippen molar-refractivity contribution in [1.29, 1.82) is 0 Å². The molecule has 0 fully saturated rings. The predicted octanol–water partition coefficient (Wildman–Crippen LogP) is 4.22. The first-order valence-electron chi connectivity index (χ1n) is 7.59. The fourth-order valence-corrected chi connectivity index (χ4v) is 2.31. The van der Waals surface area contributed by atoms with E-state index >= 15 is 0 Å². The Bertz CT molecular complexity index is 608. The minimum absolute atomic E-state index is 0.769. The maximum Gasteiger partial charge on any atom is 0.136 e. The van der Waals surface area contributed by atoms with Crippen LogP contribution in [-0.4, -0.2) is 16.5 Å². The number of benzene rings is 1. The van der Waals surface area contributed by atoms with Crippen molar-refractivity contribution >= 4 is 17.3 Å². The van der Waals surface area contributed by atoms with Crippen LogP contribution in [-0.2, 0) is 6.42 Å². The zero-order valence-corrected chi connectivity index (χ0v) is 13.3. The first-order valence-corrected chi connectivity index (χ1v) is 7.59. The lowest BCUT2D eigenvalue weighted by Gasteiger charge is -2.14. The van der Waals surface area contributed by atoms with Crippen LogP contribution in [0.5, 0.6) is 0 Å². The van der Waals surface area contributed by atoms with Crippen LogP contribution in [0.15, 0.2) is 24.3 Å². The molecule has 2 rings (SSSR count). The lowest BCUT2D eigenvalue weighted by atomic mass is 10.1. The topological polar surface area (TPSA) is 49.8 Å². The second kappa shape index (κ2) is 7.07. The average Bonchev–Trinajstić information content (AvgIpc) is 2.46. The van der Waals surface area contributed by atoms with Gasteiger partial charge in [0, 0.05) is 18.3 Å². The van der Waals surface area contributed by atoms with Crippen molar-refractivity contribution in [2.45, 2.75) is 40.5 Å². The van der Waals surface area contributed by atoms with Gasteiger partial charge in [0.2, 0.25) is 0 Å². The molecular weight excluding hydrogens is 260 g/mol. The Hall–Kier alpha value is -2.10. The van der Waals surface area contributed by atoms with Gasteiger partial charge < -0.3 is 10.6 Å². The van der Waals surface area contributed by atoms with Crippen molar-refractivity contribution in [2.24, 2.45) is 0 Å². The highest BCUT2D eigenvalue weighted by molar-refractivity contribution is 5.66. The Labute approximate surface area is 127 Å². The van der Waals surface area contributed by atoms with Crippen LogP contribution in [0, 0.1) is 13.8 Å².